The maximum absolute atomic E-state index is 13.2. The van der Waals surface area contributed by atoms with Crippen LogP contribution in [0, 0.1) is 11.7 Å². The molecule has 0 aliphatic carbocycles. The van der Waals surface area contributed by atoms with Crippen LogP contribution in [0.25, 0.3) is 0 Å². The fraction of sp³-hybridized carbons (Fsp3) is 0.562. The molecule has 0 bridgehead atoms. The molecule has 1 aromatic carbocycles. The summed E-state index contributed by atoms with van der Waals surface area (Å²) < 4.78 is 13.9. The molecule has 1 aromatic rings. The first kappa shape index (κ1) is 18.1. The lowest BCUT2D eigenvalue weighted by Crippen LogP contribution is -2.45. The Balaban J connectivity index is 2.89. The van der Waals surface area contributed by atoms with Crippen LogP contribution in [0.3, 0.4) is 0 Å². The summed E-state index contributed by atoms with van der Waals surface area (Å²) in [6.45, 7) is 6.17. The van der Waals surface area contributed by atoms with E-state index in [1.165, 1.54) is 12.1 Å². The van der Waals surface area contributed by atoms with E-state index in [9.17, 15) is 9.18 Å². The van der Waals surface area contributed by atoms with Gasteiger partial charge in [0.05, 0.1) is 6.04 Å². The lowest BCUT2D eigenvalue weighted by molar-refractivity contribution is -0.131. The number of nitrogens with zero attached hydrogens (tertiary/aromatic N) is 1. The van der Waals surface area contributed by atoms with Crippen molar-refractivity contribution in [1.82, 2.24) is 10.2 Å². The average Bonchev–Trinajstić information content (AvgIpc) is 2.36. The standard InChI is InChI=1S/C16H24BrFN2O/c1-10(2)8-15(16(21)20(4)5)19-11(3)13-7-6-12(18)9-14(13)17/h6-7,9-11,15,19H,8H2,1-5H3. The number of hydrogen-bond acceptors (Lipinski definition) is 2. The fourth-order valence-electron chi connectivity index (χ4n) is 2.27. The molecule has 21 heavy (non-hydrogen) atoms. The molecule has 1 N–H and O–H groups in total. The number of carbonyl (C=O) groups excluding carboxylic acids is 1. The molecule has 5 heteroatoms. The van der Waals surface area contributed by atoms with Gasteiger partial charge in [-0.3, -0.25) is 10.1 Å². The zero-order chi connectivity index (χ0) is 16.2. The lowest BCUT2D eigenvalue weighted by atomic mass is 10.00. The molecule has 118 valence electrons. The van der Waals surface area contributed by atoms with E-state index < -0.39 is 0 Å². The van der Waals surface area contributed by atoms with E-state index in [1.807, 2.05) is 6.92 Å². The van der Waals surface area contributed by atoms with Gasteiger partial charge >= 0.3 is 0 Å². The Bertz CT molecular complexity index is 491. The normalized spacial score (nSPS) is 14.1. The molecule has 0 radical (unpaired) electrons. The Morgan fingerprint density at radius 1 is 1.33 bits per heavy atom. The summed E-state index contributed by atoms with van der Waals surface area (Å²) >= 11 is 3.38. The van der Waals surface area contributed by atoms with Crippen molar-refractivity contribution >= 4 is 21.8 Å². The maximum atomic E-state index is 13.2. The third-order valence-corrected chi connectivity index (χ3v) is 4.01. The predicted octanol–water partition coefficient (Wildman–Crippen LogP) is 3.74. The van der Waals surface area contributed by atoms with E-state index in [0.29, 0.717) is 10.4 Å². The van der Waals surface area contributed by atoms with Gasteiger partial charge in [-0.25, -0.2) is 4.39 Å². The van der Waals surface area contributed by atoms with Crippen molar-refractivity contribution in [3.8, 4) is 0 Å². The highest BCUT2D eigenvalue weighted by Crippen LogP contribution is 2.25. The smallest absolute Gasteiger partial charge is 0.239 e. The molecular weight excluding hydrogens is 335 g/mol. The quantitative estimate of drug-likeness (QED) is 0.839. The van der Waals surface area contributed by atoms with Crippen molar-refractivity contribution < 1.29 is 9.18 Å². The van der Waals surface area contributed by atoms with E-state index in [0.717, 1.165) is 12.0 Å². The summed E-state index contributed by atoms with van der Waals surface area (Å²) in [5.41, 5.74) is 0.941. The minimum Gasteiger partial charge on any atom is -0.347 e. The highest BCUT2D eigenvalue weighted by atomic mass is 79.9. The molecule has 1 amide bonds. The highest BCUT2D eigenvalue weighted by Gasteiger charge is 2.24. The SMILES string of the molecule is CC(C)CC(NC(C)c1ccc(F)cc1Br)C(=O)N(C)C. The van der Waals surface area contributed by atoms with Gasteiger partial charge in [-0.05, 0) is 37.0 Å². The summed E-state index contributed by atoms with van der Waals surface area (Å²) in [7, 11) is 3.52. The zero-order valence-electron chi connectivity index (χ0n) is 13.3. The number of benzene rings is 1. The van der Waals surface area contributed by atoms with Crippen LogP contribution in [0.5, 0.6) is 0 Å². The van der Waals surface area contributed by atoms with Crippen molar-refractivity contribution in [2.75, 3.05) is 14.1 Å². The van der Waals surface area contributed by atoms with E-state index in [2.05, 4.69) is 35.1 Å². The van der Waals surface area contributed by atoms with E-state index in [4.69, 9.17) is 0 Å². The van der Waals surface area contributed by atoms with Gasteiger partial charge in [0, 0.05) is 24.6 Å². The van der Waals surface area contributed by atoms with Gasteiger partial charge in [-0.1, -0.05) is 35.8 Å². The van der Waals surface area contributed by atoms with Gasteiger partial charge in [0.1, 0.15) is 5.82 Å². The number of amides is 1. The zero-order valence-corrected chi connectivity index (χ0v) is 14.9. The molecule has 3 nitrogen and oxygen atoms in total. The molecule has 2 unspecified atom stereocenters. The maximum Gasteiger partial charge on any atom is 0.239 e. The Labute approximate surface area is 135 Å². The monoisotopic (exact) mass is 358 g/mol. The third kappa shape index (κ3) is 5.40. The molecule has 1 rings (SSSR count). The summed E-state index contributed by atoms with van der Waals surface area (Å²) in [6.07, 6.45) is 0.764. The largest absolute Gasteiger partial charge is 0.347 e. The molecule has 0 fully saturated rings. The van der Waals surface area contributed by atoms with Gasteiger partial charge < -0.3 is 4.90 Å². The Hall–Kier alpha value is -0.940. The molecule has 0 aliphatic rings. The van der Waals surface area contributed by atoms with Crippen LogP contribution < -0.4 is 5.32 Å². The third-order valence-electron chi connectivity index (χ3n) is 3.33. The molecular formula is C16H24BrFN2O. The van der Waals surface area contributed by atoms with Gasteiger partial charge in [0.2, 0.25) is 5.91 Å². The van der Waals surface area contributed by atoms with Crippen LogP contribution in [0.1, 0.15) is 38.8 Å². The van der Waals surface area contributed by atoms with E-state index >= 15 is 0 Å². The van der Waals surface area contributed by atoms with Gasteiger partial charge in [-0.2, -0.15) is 0 Å². The van der Waals surface area contributed by atoms with Crippen molar-refractivity contribution in [3.05, 3.63) is 34.1 Å². The van der Waals surface area contributed by atoms with Crippen molar-refractivity contribution in [1.29, 1.82) is 0 Å². The van der Waals surface area contributed by atoms with Crippen LogP contribution in [-0.2, 0) is 4.79 Å². The molecule has 2 atom stereocenters. The van der Waals surface area contributed by atoms with Gasteiger partial charge in [0.15, 0.2) is 0 Å². The first-order valence-electron chi connectivity index (χ1n) is 7.14. The molecule has 0 heterocycles. The summed E-state index contributed by atoms with van der Waals surface area (Å²) in [6, 6.07) is 4.32. The first-order chi connectivity index (χ1) is 9.72. The van der Waals surface area contributed by atoms with Crippen LogP contribution in [0.2, 0.25) is 0 Å². The minimum atomic E-state index is -0.277. The first-order valence-corrected chi connectivity index (χ1v) is 7.93. The van der Waals surface area contributed by atoms with Crippen LogP contribution in [0.4, 0.5) is 4.39 Å². The number of carbonyl (C=O) groups is 1. The second kappa shape index (κ2) is 7.90. The van der Waals surface area contributed by atoms with Crippen molar-refractivity contribution in [2.24, 2.45) is 5.92 Å². The lowest BCUT2D eigenvalue weighted by Gasteiger charge is -2.27. The summed E-state index contributed by atoms with van der Waals surface area (Å²) in [5, 5.41) is 3.36. The topological polar surface area (TPSA) is 32.3 Å². The molecule has 0 aromatic heterocycles. The number of rotatable bonds is 6. The van der Waals surface area contributed by atoms with Crippen LogP contribution in [-0.4, -0.2) is 30.9 Å². The summed E-state index contributed by atoms with van der Waals surface area (Å²) in [5.74, 6) is 0.199. The second-order valence-electron chi connectivity index (χ2n) is 5.97. The minimum absolute atomic E-state index is 0.0485. The highest BCUT2D eigenvalue weighted by molar-refractivity contribution is 9.10. The van der Waals surface area contributed by atoms with Crippen molar-refractivity contribution in [2.45, 2.75) is 39.3 Å². The van der Waals surface area contributed by atoms with Crippen molar-refractivity contribution in [3.63, 3.8) is 0 Å². The number of hydrogen-bond donors (Lipinski definition) is 1. The van der Waals surface area contributed by atoms with Crippen LogP contribution >= 0.6 is 15.9 Å². The van der Waals surface area contributed by atoms with E-state index in [1.54, 1.807) is 25.1 Å². The van der Waals surface area contributed by atoms with Gasteiger partial charge in [-0.15, -0.1) is 0 Å². The number of nitrogens with one attached hydrogen (secondary N) is 1. The number of halogens is 2. The fourth-order valence-corrected chi connectivity index (χ4v) is 2.96. The Kier molecular flexibility index (Phi) is 6.81. The summed E-state index contributed by atoms with van der Waals surface area (Å²) in [4.78, 5) is 13.9. The Morgan fingerprint density at radius 3 is 2.43 bits per heavy atom. The van der Waals surface area contributed by atoms with Crippen LogP contribution in [0.15, 0.2) is 22.7 Å². The number of likely N-dealkylation sites (N-methyl/N-ethyl adjacent to an activating group) is 1. The van der Waals surface area contributed by atoms with E-state index in [-0.39, 0.29) is 23.8 Å². The molecule has 0 saturated heterocycles. The molecule has 0 aliphatic heterocycles. The Morgan fingerprint density at radius 2 is 1.95 bits per heavy atom. The second-order valence-corrected chi connectivity index (χ2v) is 6.82. The average molecular weight is 359 g/mol. The predicted molar refractivity (Wildman–Crippen MR) is 87.6 cm³/mol. The molecule has 0 saturated carbocycles. The van der Waals surface area contributed by atoms with Gasteiger partial charge in [0.25, 0.3) is 0 Å². The molecule has 0 spiro atoms.